The highest BCUT2D eigenvalue weighted by Gasteiger charge is 2.17. The highest BCUT2D eigenvalue weighted by atomic mass is 79.9. The van der Waals surface area contributed by atoms with Gasteiger partial charge in [-0.15, -0.1) is 0 Å². The fraction of sp³-hybridized carbons (Fsp3) is 0.235. The Morgan fingerprint density at radius 1 is 1.00 bits per heavy atom. The van der Waals surface area contributed by atoms with E-state index in [1.165, 1.54) is 21.3 Å². The van der Waals surface area contributed by atoms with Gasteiger partial charge in [-0.3, -0.25) is 4.79 Å². The fourth-order valence-electron chi connectivity index (χ4n) is 2.09. The summed E-state index contributed by atoms with van der Waals surface area (Å²) >= 11 is 3.45. The molecule has 0 bridgehead atoms. The first-order valence-corrected chi connectivity index (χ1v) is 7.67. The number of hydrogen-bond donors (Lipinski definition) is 1. The molecule has 2 aromatic carbocycles. The number of nitrogens with one attached hydrogen (secondary N) is 1. The zero-order valence-electron chi connectivity index (χ0n) is 13.4. The lowest BCUT2D eigenvalue weighted by Crippen LogP contribution is -2.12. The van der Waals surface area contributed by atoms with Gasteiger partial charge in [0.15, 0.2) is 11.5 Å². The van der Waals surface area contributed by atoms with Gasteiger partial charge in [0, 0.05) is 15.7 Å². The van der Waals surface area contributed by atoms with Crippen molar-refractivity contribution >= 4 is 27.5 Å². The summed E-state index contributed by atoms with van der Waals surface area (Å²) in [5, 5.41) is 2.85. The van der Waals surface area contributed by atoms with Gasteiger partial charge in [-0.25, -0.2) is 0 Å². The first-order chi connectivity index (χ1) is 11.0. The maximum absolute atomic E-state index is 12.5. The normalized spacial score (nSPS) is 10.1. The highest BCUT2D eigenvalue weighted by molar-refractivity contribution is 9.10. The molecule has 0 fully saturated rings. The lowest BCUT2D eigenvalue weighted by atomic mass is 10.1. The van der Waals surface area contributed by atoms with Gasteiger partial charge < -0.3 is 19.5 Å². The molecule has 0 atom stereocenters. The number of methoxy groups -OCH3 is 3. The predicted molar refractivity (Wildman–Crippen MR) is 92.9 cm³/mol. The lowest BCUT2D eigenvalue weighted by Gasteiger charge is -2.14. The molecule has 0 heterocycles. The molecule has 122 valence electrons. The van der Waals surface area contributed by atoms with Crippen LogP contribution in [-0.2, 0) is 0 Å². The third-order valence-electron chi connectivity index (χ3n) is 3.36. The van der Waals surface area contributed by atoms with Crippen molar-refractivity contribution in [2.45, 2.75) is 6.92 Å². The fourth-order valence-corrected chi connectivity index (χ4v) is 2.46. The molecule has 0 saturated carbocycles. The van der Waals surface area contributed by atoms with E-state index in [2.05, 4.69) is 21.2 Å². The molecule has 2 aromatic rings. The molecule has 0 aromatic heterocycles. The summed E-state index contributed by atoms with van der Waals surface area (Å²) in [5.41, 5.74) is 2.20. The second kappa shape index (κ2) is 7.37. The van der Waals surface area contributed by atoms with Crippen LogP contribution in [0.5, 0.6) is 17.2 Å². The molecule has 23 heavy (non-hydrogen) atoms. The standard InChI is InChI=1S/C17H18BrNO4/c1-10-5-6-12(9-13(10)18)19-17(20)11-7-14(21-2)16(23-4)15(8-11)22-3/h5-9H,1-4H3,(H,19,20). The van der Waals surface area contributed by atoms with Crippen LogP contribution in [0.3, 0.4) is 0 Å². The Morgan fingerprint density at radius 3 is 2.09 bits per heavy atom. The van der Waals surface area contributed by atoms with Gasteiger partial charge in [-0.2, -0.15) is 0 Å². The summed E-state index contributed by atoms with van der Waals surface area (Å²) < 4.78 is 16.7. The van der Waals surface area contributed by atoms with E-state index in [1.54, 1.807) is 12.1 Å². The Morgan fingerprint density at radius 2 is 1.61 bits per heavy atom. The zero-order chi connectivity index (χ0) is 17.0. The number of benzene rings is 2. The molecule has 1 N–H and O–H groups in total. The molecule has 0 aliphatic heterocycles. The van der Waals surface area contributed by atoms with E-state index in [4.69, 9.17) is 14.2 Å². The number of aryl methyl sites for hydroxylation is 1. The second-order valence-corrected chi connectivity index (χ2v) is 5.69. The van der Waals surface area contributed by atoms with Gasteiger partial charge in [0.2, 0.25) is 5.75 Å². The second-order valence-electron chi connectivity index (χ2n) is 4.83. The Balaban J connectivity index is 2.33. The minimum atomic E-state index is -0.264. The van der Waals surface area contributed by atoms with Gasteiger partial charge in [0.1, 0.15) is 0 Å². The summed E-state index contributed by atoms with van der Waals surface area (Å²) in [6, 6.07) is 8.84. The summed E-state index contributed by atoms with van der Waals surface area (Å²) in [5.74, 6) is 1.05. The van der Waals surface area contributed by atoms with E-state index in [1.807, 2.05) is 25.1 Å². The van der Waals surface area contributed by atoms with Crippen molar-refractivity contribution in [2.75, 3.05) is 26.6 Å². The van der Waals surface area contributed by atoms with Gasteiger partial charge in [-0.1, -0.05) is 22.0 Å². The average Bonchev–Trinajstić information content (AvgIpc) is 2.56. The maximum atomic E-state index is 12.5. The number of ether oxygens (including phenoxy) is 3. The van der Waals surface area contributed by atoms with E-state index in [-0.39, 0.29) is 5.91 Å². The minimum Gasteiger partial charge on any atom is -0.493 e. The molecule has 1 amide bonds. The summed E-state index contributed by atoms with van der Waals surface area (Å²) in [7, 11) is 4.54. The molecule has 0 spiro atoms. The van der Waals surface area contributed by atoms with E-state index >= 15 is 0 Å². The Bertz CT molecular complexity index is 706. The minimum absolute atomic E-state index is 0.264. The van der Waals surface area contributed by atoms with Crippen LogP contribution >= 0.6 is 15.9 Å². The van der Waals surface area contributed by atoms with Crippen LogP contribution in [0.4, 0.5) is 5.69 Å². The van der Waals surface area contributed by atoms with Crippen molar-refractivity contribution in [3.05, 3.63) is 45.9 Å². The topological polar surface area (TPSA) is 56.8 Å². The van der Waals surface area contributed by atoms with Gasteiger partial charge in [0.25, 0.3) is 5.91 Å². The van der Waals surface area contributed by atoms with Crippen molar-refractivity contribution in [3.63, 3.8) is 0 Å². The smallest absolute Gasteiger partial charge is 0.255 e. The van der Waals surface area contributed by atoms with Crippen LogP contribution in [0, 0.1) is 6.92 Å². The third-order valence-corrected chi connectivity index (χ3v) is 4.21. The zero-order valence-corrected chi connectivity index (χ0v) is 15.0. The van der Waals surface area contributed by atoms with Crippen molar-refractivity contribution in [1.82, 2.24) is 0 Å². The predicted octanol–water partition coefficient (Wildman–Crippen LogP) is 4.04. The number of carbonyl (C=O) groups is 1. The first-order valence-electron chi connectivity index (χ1n) is 6.87. The lowest BCUT2D eigenvalue weighted by molar-refractivity contribution is 0.102. The molecule has 5 nitrogen and oxygen atoms in total. The number of anilines is 1. The highest BCUT2D eigenvalue weighted by Crippen LogP contribution is 2.38. The van der Waals surface area contributed by atoms with E-state index in [9.17, 15) is 4.79 Å². The molecule has 0 saturated heterocycles. The molecule has 0 unspecified atom stereocenters. The third kappa shape index (κ3) is 3.76. The largest absolute Gasteiger partial charge is 0.493 e. The average molecular weight is 380 g/mol. The van der Waals surface area contributed by atoms with Crippen LogP contribution < -0.4 is 19.5 Å². The van der Waals surface area contributed by atoms with Crippen molar-refractivity contribution in [2.24, 2.45) is 0 Å². The molecular formula is C17H18BrNO4. The molecule has 0 radical (unpaired) electrons. The van der Waals surface area contributed by atoms with E-state index in [0.717, 1.165) is 10.0 Å². The number of carbonyl (C=O) groups excluding carboxylic acids is 1. The number of rotatable bonds is 5. The molecule has 2 rings (SSSR count). The number of halogens is 1. The van der Waals surface area contributed by atoms with Gasteiger partial charge in [0.05, 0.1) is 21.3 Å². The van der Waals surface area contributed by atoms with Crippen LogP contribution in [-0.4, -0.2) is 27.2 Å². The summed E-state index contributed by atoms with van der Waals surface area (Å²) in [6.07, 6.45) is 0. The Labute approximate surface area is 143 Å². The van der Waals surface area contributed by atoms with Crippen molar-refractivity contribution in [1.29, 1.82) is 0 Å². The number of amides is 1. The Kier molecular flexibility index (Phi) is 5.50. The molecule has 6 heteroatoms. The van der Waals surface area contributed by atoms with Crippen LogP contribution in [0.2, 0.25) is 0 Å². The van der Waals surface area contributed by atoms with Crippen molar-refractivity contribution < 1.29 is 19.0 Å². The van der Waals surface area contributed by atoms with Gasteiger partial charge in [-0.05, 0) is 36.8 Å². The van der Waals surface area contributed by atoms with Crippen LogP contribution in [0.15, 0.2) is 34.8 Å². The van der Waals surface area contributed by atoms with E-state index < -0.39 is 0 Å². The SMILES string of the molecule is COc1cc(C(=O)Nc2ccc(C)c(Br)c2)cc(OC)c1OC. The van der Waals surface area contributed by atoms with Gasteiger partial charge >= 0.3 is 0 Å². The first kappa shape index (κ1) is 17.1. The number of hydrogen-bond acceptors (Lipinski definition) is 4. The van der Waals surface area contributed by atoms with Crippen molar-refractivity contribution in [3.8, 4) is 17.2 Å². The summed E-state index contributed by atoms with van der Waals surface area (Å²) in [4.78, 5) is 12.5. The van der Waals surface area contributed by atoms with Crippen LogP contribution in [0.1, 0.15) is 15.9 Å². The molecule has 0 aliphatic carbocycles. The molecular weight excluding hydrogens is 362 g/mol. The van der Waals surface area contributed by atoms with Crippen LogP contribution in [0.25, 0.3) is 0 Å². The Hall–Kier alpha value is -2.21. The quantitative estimate of drug-likeness (QED) is 0.851. The summed E-state index contributed by atoms with van der Waals surface area (Å²) in [6.45, 7) is 1.98. The van der Waals surface area contributed by atoms with E-state index in [0.29, 0.717) is 28.5 Å². The monoisotopic (exact) mass is 379 g/mol. The molecule has 0 aliphatic rings. The maximum Gasteiger partial charge on any atom is 0.255 e.